The second kappa shape index (κ2) is 6.10. The third-order valence-electron chi connectivity index (χ3n) is 4.39. The predicted octanol–water partition coefficient (Wildman–Crippen LogP) is 2.06. The summed E-state index contributed by atoms with van der Waals surface area (Å²) >= 11 is 0. The van der Waals surface area contributed by atoms with E-state index in [4.69, 9.17) is 4.74 Å². The summed E-state index contributed by atoms with van der Waals surface area (Å²) in [7, 11) is 0. The van der Waals surface area contributed by atoms with Gasteiger partial charge in [0.15, 0.2) is 0 Å². The van der Waals surface area contributed by atoms with Crippen LogP contribution in [0.5, 0.6) is 5.75 Å². The number of ether oxygens (including phenoxy) is 1. The van der Waals surface area contributed by atoms with Crippen LogP contribution in [0.2, 0.25) is 0 Å². The van der Waals surface area contributed by atoms with E-state index in [1.165, 1.54) is 25.6 Å². The van der Waals surface area contributed by atoms with Crippen LogP contribution < -0.4 is 10.1 Å². The molecule has 0 bridgehead atoms. The minimum Gasteiger partial charge on any atom is -0.488 e. The van der Waals surface area contributed by atoms with Crippen molar-refractivity contribution in [3.63, 3.8) is 0 Å². The Morgan fingerprint density at radius 1 is 1.40 bits per heavy atom. The van der Waals surface area contributed by atoms with Gasteiger partial charge in [-0.3, -0.25) is 0 Å². The number of likely N-dealkylation sites (tertiary alicyclic amines) is 1. The lowest BCUT2D eigenvalue weighted by Gasteiger charge is -2.16. The molecule has 0 amide bonds. The second-order valence-electron chi connectivity index (χ2n) is 5.90. The standard InChI is InChI=1S/C16H23FN2O/c1-2-19-6-5-12(11-19)9-18-10-15-8-13-7-14(17)3-4-16(13)20-15/h3-4,7,12,15,18H,2,5-6,8-11H2,1H3. The van der Waals surface area contributed by atoms with Crippen molar-refractivity contribution < 1.29 is 9.13 Å². The summed E-state index contributed by atoms with van der Waals surface area (Å²) in [5.74, 6) is 1.43. The van der Waals surface area contributed by atoms with Gasteiger partial charge in [-0.1, -0.05) is 6.92 Å². The van der Waals surface area contributed by atoms with E-state index in [0.717, 1.165) is 43.3 Å². The number of hydrogen-bond donors (Lipinski definition) is 1. The molecular weight excluding hydrogens is 255 g/mol. The number of fused-ring (bicyclic) bond motifs is 1. The molecular formula is C16H23FN2O. The molecule has 1 aromatic rings. The topological polar surface area (TPSA) is 24.5 Å². The van der Waals surface area contributed by atoms with Crippen LogP contribution in [0, 0.1) is 11.7 Å². The lowest BCUT2D eigenvalue weighted by molar-refractivity contribution is 0.224. The second-order valence-corrected chi connectivity index (χ2v) is 5.90. The molecule has 3 rings (SSSR count). The molecule has 0 aliphatic carbocycles. The fourth-order valence-electron chi connectivity index (χ4n) is 3.22. The van der Waals surface area contributed by atoms with E-state index < -0.39 is 0 Å². The summed E-state index contributed by atoms with van der Waals surface area (Å²) in [4.78, 5) is 2.50. The smallest absolute Gasteiger partial charge is 0.123 e. The number of nitrogens with one attached hydrogen (secondary N) is 1. The zero-order chi connectivity index (χ0) is 13.9. The average Bonchev–Trinajstić information content (AvgIpc) is 3.04. The van der Waals surface area contributed by atoms with E-state index >= 15 is 0 Å². The molecule has 1 fully saturated rings. The molecule has 2 aliphatic heterocycles. The van der Waals surface area contributed by atoms with E-state index in [-0.39, 0.29) is 11.9 Å². The van der Waals surface area contributed by atoms with Crippen LogP contribution in [0.3, 0.4) is 0 Å². The first kappa shape index (κ1) is 13.8. The molecule has 4 heteroatoms. The summed E-state index contributed by atoms with van der Waals surface area (Å²) < 4.78 is 19.0. The van der Waals surface area contributed by atoms with Crippen molar-refractivity contribution in [3.05, 3.63) is 29.6 Å². The van der Waals surface area contributed by atoms with E-state index in [0.29, 0.717) is 0 Å². The highest BCUT2D eigenvalue weighted by Crippen LogP contribution is 2.29. The number of halogens is 1. The number of benzene rings is 1. The van der Waals surface area contributed by atoms with E-state index in [1.54, 1.807) is 12.1 Å². The molecule has 2 unspecified atom stereocenters. The zero-order valence-corrected chi connectivity index (χ0v) is 12.1. The molecule has 0 aromatic heterocycles. The van der Waals surface area contributed by atoms with Gasteiger partial charge in [-0.15, -0.1) is 0 Å². The van der Waals surface area contributed by atoms with Crippen LogP contribution in [0.25, 0.3) is 0 Å². The molecule has 0 radical (unpaired) electrons. The Balaban J connectivity index is 1.41. The highest BCUT2D eigenvalue weighted by Gasteiger charge is 2.24. The SMILES string of the molecule is CCN1CCC(CNCC2Cc3cc(F)ccc3O2)C1. The summed E-state index contributed by atoms with van der Waals surface area (Å²) in [6.07, 6.45) is 2.25. The van der Waals surface area contributed by atoms with Crippen LogP contribution in [0.4, 0.5) is 4.39 Å². The van der Waals surface area contributed by atoms with Gasteiger partial charge in [0.1, 0.15) is 17.7 Å². The van der Waals surface area contributed by atoms with Crippen LogP contribution >= 0.6 is 0 Å². The Kier molecular flexibility index (Phi) is 4.22. The maximum absolute atomic E-state index is 13.1. The van der Waals surface area contributed by atoms with Gasteiger partial charge in [-0.2, -0.15) is 0 Å². The summed E-state index contributed by atoms with van der Waals surface area (Å²) in [6.45, 7) is 7.72. The number of rotatable bonds is 5. The van der Waals surface area contributed by atoms with Crippen LogP contribution in [-0.4, -0.2) is 43.7 Å². The van der Waals surface area contributed by atoms with Crippen molar-refractivity contribution in [2.45, 2.75) is 25.9 Å². The molecule has 1 saturated heterocycles. The van der Waals surface area contributed by atoms with Crippen molar-refractivity contribution >= 4 is 0 Å². The highest BCUT2D eigenvalue weighted by molar-refractivity contribution is 5.37. The monoisotopic (exact) mass is 278 g/mol. The summed E-state index contributed by atoms with van der Waals surface area (Å²) in [5, 5.41) is 3.52. The Morgan fingerprint density at radius 2 is 2.30 bits per heavy atom. The minimum absolute atomic E-state index is 0.149. The third-order valence-corrected chi connectivity index (χ3v) is 4.39. The van der Waals surface area contributed by atoms with Gasteiger partial charge in [0.05, 0.1) is 0 Å². The first-order valence-electron chi connectivity index (χ1n) is 7.62. The van der Waals surface area contributed by atoms with E-state index in [9.17, 15) is 4.39 Å². The Bertz CT molecular complexity index is 466. The molecule has 1 aromatic carbocycles. The Labute approximate surface area is 120 Å². The largest absolute Gasteiger partial charge is 0.488 e. The van der Waals surface area contributed by atoms with Gasteiger partial charge in [0.2, 0.25) is 0 Å². The van der Waals surface area contributed by atoms with Gasteiger partial charge in [-0.05, 0) is 50.2 Å². The molecule has 20 heavy (non-hydrogen) atoms. The van der Waals surface area contributed by atoms with Crippen molar-refractivity contribution in [2.24, 2.45) is 5.92 Å². The lowest BCUT2D eigenvalue weighted by atomic mass is 10.1. The molecule has 0 saturated carbocycles. The minimum atomic E-state index is -0.174. The van der Waals surface area contributed by atoms with Crippen LogP contribution in [0.15, 0.2) is 18.2 Å². The quantitative estimate of drug-likeness (QED) is 0.892. The molecule has 2 atom stereocenters. The zero-order valence-electron chi connectivity index (χ0n) is 12.1. The van der Waals surface area contributed by atoms with Crippen LogP contribution in [-0.2, 0) is 6.42 Å². The van der Waals surface area contributed by atoms with Crippen molar-refractivity contribution in [1.82, 2.24) is 10.2 Å². The van der Waals surface area contributed by atoms with Crippen LogP contribution in [0.1, 0.15) is 18.9 Å². The molecule has 2 aliphatic rings. The normalized spacial score (nSPS) is 25.7. The predicted molar refractivity (Wildman–Crippen MR) is 77.6 cm³/mol. The van der Waals surface area contributed by atoms with Crippen molar-refractivity contribution in [1.29, 1.82) is 0 Å². The molecule has 110 valence electrons. The summed E-state index contributed by atoms with van der Waals surface area (Å²) in [5.41, 5.74) is 0.995. The van der Waals surface area contributed by atoms with E-state index in [1.807, 2.05) is 0 Å². The van der Waals surface area contributed by atoms with Gasteiger partial charge >= 0.3 is 0 Å². The van der Waals surface area contributed by atoms with Gasteiger partial charge in [0.25, 0.3) is 0 Å². The van der Waals surface area contributed by atoms with Gasteiger partial charge in [-0.25, -0.2) is 4.39 Å². The fourth-order valence-corrected chi connectivity index (χ4v) is 3.22. The van der Waals surface area contributed by atoms with Gasteiger partial charge in [0, 0.05) is 25.1 Å². The molecule has 3 nitrogen and oxygen atoms in total. The van der Waals surface area contributed by atoms with Crippen molar-refractivity contribution in [2.75, 3.05) is 32.7 Å². The third kappa shape index (κ3) is 3.13. The average molecular weight is 278 g/mol. The molecule has 0 spiro atoms. The Hall–Kier alpha value is -1.13. The molecule has 1 N–H and O–H groups in total. The molecule has 2 heterocycles. The maximum Gasteiger partial charge on any atom is 0.123 e. The first-order valence-corrected chi connectivity index (χ1v) is 7.62. The number of nitrogens with zero attached hydrogens (tertiary/aromatic N) is 1. The lowest BCUT2D eigenvalue weighted by Crippen LogP contribution is -2.34. The Morgan fingerprint density at radius 3 is 3.10 bits per heavy atom. The van der Waals surface area contributed by atoms with Crippen molar-refractivity contribution in [3.8, 4) is 5.75 Å². The van der Waals surface area contributed by atoms with E-state index in [2.05, 4.69) is 17.1 Å². The number of hydrogen-bond acceptors (Lipinski definition) is 3. The highest BCUT2D eigenvalue weighted by atomic mass is 19.1. The fraction of sp³-hybridized carbons (Fsp3) is 0.625. The maximum atomic E-state index is 13.1. The first-order chi connectivity index (χ1) is 9.74. The van der Waals surface area contributed by atoms with Gasteiger partial charge < -0.3 is 15.0 Å². The summed E-state index contributed by atoms with van der Waals surface area (Å²) in [6, 6.07) is 4.79.